The molecular formula is C17H22ClN. The van der Waals surface area contributed by atoms with Crippen LogP contribution < -0.4 is 4.90 Å². The van der Waals surface area contributed by atoms with Crippen LogP contribution in [0.25, 0.3) is 0 Å². The molecule has 1 aliphatic rings. The Bertz CT molecular complexity index is 520. The molecule has 0 bridgehead atoms. The molecule has 0 heterocycles. The van der Waals surface area contributed by atoms with Gasteiger partial charge in [0.05, 0.1) is 0 Å². The molecule has 0 aromatic heterocycles. The van der Waals surface area contributed by atoms with Gasteiger partial charge in [0.1, 0.15) is 0 Å². The van der Waals surface area contributed by atoms with Crippen LogP contribution in [0.2, 0.25) is 0 Å². The lowest BCUT2D eigenvalue weighted by atomic mass is 9.87. The Labute approximate surface area is 121 Å². The van der Waals surface area contributed by atoms with Crippen LogP contribution in [0.1, 0.15) is 39.2 Å². The van der Waals surface area contributed by atoms with E-state index in [9.17, 15) is 0 Å². The van der Waals surface area contributed by atoms with Crippen LogP contribution in [0.3, 0.4) is 0 Å². The van der Waals surface area contributed by atoms with Crippen molar-refractivity contribution in [2.75, 3.05) is 11.9 Å². The SMILES string of the molecule is CN(C1=CC=C(Cl)CC1)c1cccc(C(C)(C)C)c1. The number of rotatable bonds is 2. The van der Waals surface area contributed by atoms with Crippen molar-refractivity contribution >= 4 is 17.3 Å². The first-order chi connectivity index (χ1) is 8.88. The van der Waals surface area contributed by atoms with Gasteiger partial charge in [0.15, 0.2) is 0 Å². The van der Waals surface area contributed by atoms with Gasteiger partial charge in [-0.05, 0) is 48.1 Å². The van der Waals surface area contributed by atoms with Crippen LogP contribution in [0, 0.1) is 0 Å². The van der Waals surface area contributed by atoms with Crippen molar-refractivity contribution in [3.05, 3.63) is 52.7 Å². The van der Waals surface area contributed by atoms with Crippen molar-refractivity contribution in [1.82, 2.24) is 0 Å². The average molecular weight is 276 g/mol. The zero-order valence-corrected chi connectivity index (χ0v) is 13.0. The predicted molar refractivity (Wildman–Crippen MR) is 84.8 cm³/mol. The number of nitrogens with zero attached hydrogens (tertiary/aromatic N) is 1. The van der Waals surface area contributed by atoms with Gasteiger partial charge >= 0.3 is 0 Å². The molecule has 2 rings (SSSR count). The summed E-state index contributed by atoms with van der Waals surface area (Å²) in [6.07, 6.45) is 6.07. The Kier molecular flexibility index (Phi) is 4.05. The van der Waals surface area contributed by atoms with E-state index in [1.165, 1.54) is 16.9 Å². The molecule has 0 radical (unpaired) electrons. The largest absolute Gasteiger partial charge is 0.348 e. The fourth-order valence-corrected chi connectivity index (χ4v) is 2.38. The monoisotopic (exact) mass is 275 g/mol. The zero-order chi connectivity index (χ0) is 14.0. The molecule has 0 aliphatic heterocycles. The molecule has 1 aromatic rings. The summed E-state index contributed by atoms with van der Waals surface area (Å²) in [6.45, 7) is 6.73. The lowest BCUT2D eigenvalue weighted by Crippen LogP contribution is -2.19. The number of hydrogen-bond acceptors (Lipinski definition) is 1. The second-order valence-corrected chi connectivity index (χ2v) is 6.62. The third-order valence-corrected chi connectivity index (χ3v) is 3.92. The Morgan fingerprint density at radius 1 is 1.11 bits per heavy atom. The maximum absolute atomic E-state index is 6.02. The highest BCUT2D eigenvalue weighted by atomic mass is 35.5. The summed E-state index contributed by atoms with van der Waals surface area (Å²) < 4.78 is 0. The number of benzene rings is 1. The number of halogens is 1. The minimum absolute atomic E-state index is 0.182. The highest BCUT2D eigenvalue weighted by Crippen LogP contribution is 2.30. The molecular weight excluding hydrogens is 254 g/mol. The quantitative estimate of drug-likeness (QED) is 0.715. The van der Waals surface area contributed by atoms with E-state index in [4.69, 9.17) is 11.6 Å². The number of anilines is 1. The van der Waals surface area contributed by atoms with Gasteiger partial charge in [0.25, 0.3) is 0 Å². The normalized spacial score (nSPS) is 15.8. The summed E-state index contributed by atoms with van der Waals surface area (Å²) in [5, 5.41) is 0.945. The Morgan fingerprint density at radius 3 is 2.42 bits per heavy atom. The molecule has 0 spiro atoms. The summed E-state index contributed by atoms with van der Waals surface area (Å²) in [4.78, 5) is 2.26. The van der Waals surface area contributed by atoms with Gasteiger partial charge in [-0.2, -0.15) is 0 Å². The van der Waals surface area contributed by atoms with Gasteiger partial charge in [0.2, 0.25) is 0 Å². The topological polar surface area (TPSA) is 3.24 Å². The third-order valence-electron chi connectivity index (χ3n) is 3.61. The summed E-state index contributed by atoms with van der Waals surface area (Å²) >= 11 is 6.02. The van der Waals surface area contributed by atoms with Gasteiger partial charge < -0.3 is 4.90 Å². The van der Waals surface area contributed by atoms with Crippen LogP contribution in [-0.4, -0.2) is 7.05 Å². The van der Waals surface area contributed by atoms with E-state index in [-0.39, 0.29) is 5.41 Å². The maximum atomic E-state index is 6.02. The van der Waals surface area contributed by atoms with Crippen molar-refractivity contribution in [3.63, 3.8) is 0 Å². The summed E-state index contributed by atoms with van der Waals surface area (Å²) in [5.74, 6) is 0. The van der Waals surface area contributed by atoms with Crippen LogP contribution in [0.4, 0.5) is 5.69 Å². The van der Waals surface area contributed by atoms with E-state index < -0.39 is 0 Å². The molecule has 2 heteroatoms. The minimum atomic E-state index is 0.182. The molecule has 0 atom stereocenters. The Morgan fingerprint density at radius 2 is 1.84 bits per heavy atom. The first-order valence-electron chi connectivity index (χ1n) is 6.77. The van der Waals surface area contributed by atoms with Crippen LogP contribution in [-0.2, 0) is 5.41 Å². The second kappa shape index (κ2) is 5.42. The van der Waals surface area contributed by atoms with Gasteiger partial charge in [-0.15, -0.1) is 0 Å². The molecule has 0 saturated heterocycles. The summed E-state index contributed by atoms with van der Waals surface area (Å²) in [7, 11) is 2.13. The van der Waals surface area contributed by atoms with Gasteiger partial charge in [-0.3, -0.25) is 0 Å². The molecule has 0 saturated carbocycles. The smallest absolute Gasteiger partial charge is 0.0408 e. The van der Waals surface area contributed by atoms with E-state index >= 15 is 0 Å². The lowest BCUT2D eigenvalue weighted by molar-refractivity contribution is 0.590. The van der Waals surface area contributed by atoms with Crippen LogP contribution in [0.5, 0.6) is 0 Å². The van der Waals surface area contributed by atoms with Crippen molar-refractivity contribution in [2.45, 2.75) is 39.0 Å². The standard InChI is InChI=1S/C17H22ClN/c1-17(2,3)13-6-5-7-16(12-13)19(4)15-10-8-14(18)9-11-15/h5-8,10,12H,9,11H2,1-4H3. The van der Waals surface area contributed by atoms with Gasteiger partial charge in [0, 0.05) is 23.5 Å². The van der Waals surface area contributed by atoms with E-state index in [1.807, 2.05) is 6.08 Å². The molecule has 0 unspecified atom stereocenters. The Hall–Kier alpha value is -1.21. The molecule has 102 valence electrons. The molecule has 1 nitrogen and oxygen atoms in total. The third kappa shape index (κ3) is 3.42. The second-order valence-electron chi connectivity index (χ2n) is 6.13. The van der Waals surface area contributed by atoms with Gasteiger partial charge in [-0.25, -0.2) is 0 Å². The summed E-state index contributed by atoms with van der Waals surface area (Å²) in [5.41, 5.74) is 4.10. The fourth-order valence-electron chi connectivity index (χ4n) is 2.23. The molecule has 1 aromatic carbocycles. The predicted octanol–water partition coefficient (Wildman–Crippen LogP) is 5.22. The van der Waals surface area contributed by atoms with Crippen molar-refractivity contribution in [3.8, 4) is 0 Å². The first kappa shape index (κ1) is 14.2. The van der Waals surface area contributed by atoms with E-state index in [2.05, 4.69) is 63.1 Å². The van der Waals surface area contributed by atoms with E-state index in [0.29, 0.717) is 0 Å². The minimum Gasteiger partial charge on any atom is -0.348 e. The fraction of sp³-hybridized carbons (Fsp3) is 0.412. The molecule has 19 heavy (non-hydrogen) atoms. The molecule has 0 amide bonds. The van der Waals surface area contributed by atoms with Gasteiger partial charge in [-0.1, -0.05) is 44.5 Å². The maximum Gasteiger partial charge on any atom is 0.0408 e. The Balaban J connectivity index is 2.27. The highest BCUT2D eigenvalue weighted by Gasteiger charge is 2.16. The van der Waals surface area contributed by atoms with Crippen molar-refractivity contribution in [1.29, 1.82) is 0 Å². The molecule has 1 aliphatic carbocycles. The van der Waals surface area contributed by atoms with Crippen LogP contribution in [0.15, 0.2) is 47.1 Å². The lowest BCUT2D eigenvalue weighted by Gasteiger charge is -2.27. The average Bonchev–Trinajstić information content (AvgIpc) is 2.38. The zero-order valence-electron chi connectivity index (χ0n) is 12.2. The van der Waals surface area contributed by atoms with Crippen LogP contribution >= 0.6 is 11.6 Å². The van der Waals surface area contributed by atoms with Crippen molar-refractivity contribution < 1.29 is 0 Å². The van der Waals surface area contributed by atoms with Crippen molar-refractivity contribution in [2.24, 2.45) is 0 Å². The van der Waals surface area contributed by atoms with E-state index in [0.717, 1.165) is 17.9 Å². The number of hydrogen-bond donors (Lipinski definition) is 0. The highest BCUT2D eigenvalue weighted by molar-refractivity contribution is 6.29. The number of allylic oxidation sites excluding steroid dienone is 4. The molecule has 0 fully saturated rings. The molecule has 0 N–H and O–H groups in total. The van der Waals surface area contributed by atoms with E-state index in [1.54, 1.807) is 0 Å². The summed E-state index contributed by atoms with van der Waals surface area (Å²) in [6, 6.07) is 8.78. The first-order valence-corrected chi connectivity index (χ1v) is 7.15.